The Balaban J connectivity index is 4.86. The summed E-state index contributed by atoms with van der Waals surface area (Å²) in [6, 6.07) is 0. The second kappa shape index (κ2) is 10.2. The number of unbranched alkanes of at least 4 members (excludes halogenated alkanes) is 1. The van der Waals surface area contributed by atoms with Gasteiger partial charge in [-0.25, -0.2) is 4.79 Å². The number of aliphatic carboxylic acids is 2. The Morgan fingerprint density at radius 1 is 1.04 bits per heavy atom. The van der Waals surface area contributed by atoms with E-state index < -0.39 is 36.4 Å². The molecule has 0 rings (SSSR count). The first-order valence-corrected chi connectivity index (χ1v) is 8.07. The first kappa shape index (κ1) is 21.4. The molecule has 7 nitrogen and oxygen atoms in total. The highest BCUT2D eigenvalue weighted by molar-refractivity contribution is 5.88. The van der Waals surface area contributed by atoms with Gasteiger partial charge in [-0.05, 0) is 25.2 Å². The van der Waals surface area contributed by atoms with E-state index in [9.17, 15) is 19.5 Å². The van der Waals surface area contributed by atoms with Crippen LogP contribution in [0.5, 0.6) is 0 Å². The number of carbonyl (C=O) groups is 3. The molecule has 0 aliphatic carbocycles. The third kappa shape index (κ3) is 7.45. The Morgan fingerprint density at radius 2 is 1.65 bits per heavy atom. The van der Waals surface area contributed by atoms with Gasteiger partial charge in [-0.2, -0.15) is 0 Å². The summed E-state index contributed by atoms with van der Waals surface area (Å²) < 4.78 is 5.32. The quantitative estimate of drug-likeness (QED) is 0.468. The van der Waals surface area contributed by atoms with Crippen LogP contribution in [0.15, 0.2) is 0 Å². The fourth-order valence-corrected chi connectivity index (χ4v) is 2.55. The minimum atomic E-state index is -2.65. The van der Waals surface area contributed by atoms with E-state index >= 15 is 0 Å². The van der Waals surface area contributed by atoms with Gasteiger partial charge in [0, 0.05) is 0 Å². The Morgan fingerprint density at radius 3 is 2.04 bits per heavy atom. The highest BCUT2D eigenvalue weighted by Gasteiger charge is 2.42. The van der Waals surface area contributed by atoms with Gasteiger partial charge in [-0.3, -0.25) is 9.59 Å². The van der Waals surface area contributed by atoms with Crippen molar-refractivity contribution in [2.75, 3.05) is 0 Å². The van der Waals surface area contributed by atoms with Crippen molar-refractivity contribution in [3.8, 4) is 0 Å². The summed E-state index contributed by atoms with van der Waals surface area (Å²) in [6.45, 7) is 5.93. The number of esters is 1. The van der Waals surface area contributed by atoms with E-state index in [4.69, 9.17) is 14.9 Å². The van der Waals surface area contributed by atoms with Crippen LogP contribution in [0.25, 0.3) is 0 Å². The lowest BCUT2D eigenvalue weighted by molar-refractivity contribution is -0.174. The summed E-state index contributed by atoms with van der Waals surface area (Å²) >= 11 is 0. The van der Waals surface area contributed by atoms with Gasteiger partial charge in [0.2, 0.25) is 0 Å². The number of ether oxygens (including phenoxy) is 1. The molecule has 3 unspecified atom stereocenters. The lowest BCUT2D eigenvalue weighted by Gasteiger charge is -2.27. The van der Waals surface area contributed by atoms with Crippen molar-refractivity contribution in [1.29, 1.82) is 0 Å². The molecule has 0 bridgehead atoms. The number of hydrogen-bond acceptors (Lipinski definition) is 5. The van der Waals surface area contributed by atoms with Crippen molar-refractivity contribution in [1.82, 2.24) is 0 Å². The molecule has 0 heterocycles. The molecule has 0 fully saturated rings. The molecule has 134 valence electrons. The molecule has 0 amide bonds. The lowest BCUT2D eigenvalue weighted by atomic mass is 9.91. The van der Waals surface area contributed by atoms with Crippen LogP contribution in [-0.4, -0.2) is 44.9 Å². The van der Waals surface area contributed by atoms with E-state index in [1.165, 1.54) is 0 Å². The number of carbonyl (C=O) groups excluding carboxylic acids is 1. The summed E-state index contributed by atoms with van der Waals surface area (Å²) in [5.41, 5.74) is -2.65. The molecule has 7 heteroatoms. The molecule has 0 aliphatic heterocycles. The normalized spacial score (nSPS) is 16.2. The van der Waals surface area contributed by atoms with Crippen LogP contribution in [0.1, 0.15) is 65.7 Å². The number of hydrogen-bond donors (Lipinski definition) is 3. The molecule has 0 aromatic carbocycles. The van der Waals surface area contributed by atoms with Gasteiger partial charge in [0.15, 0.2) is 5.60 Å². The predicted octanol–water partition coefficient (Wildman–Crippen LogP) is 2.21. The molecule has 0 spiro atoms. The van der Waals surface area contributed by atoms with E-state index in [0.29, 0.717) is 6.42 Å². The Bertz CT molecular complexity index is 407. The molecule has 3 atom stereocenters. The van der Waals surface area contributed by atoms with Crippen LogP contribution < -0.4 is 0 Å². The summed E-state index contributed by atoms with van der Waals surface area (Å²) in [6.07, 6.45) is 2.04. The Labute approximate surface area is 136 Å². The van der Waals surface area contributed by atoms with Crippen molar-refractivity contribution in [2.45, 2.75) is 77.4 Å². The summed E-state index contributed by atoms with van der Waals surface area (Å²) in [5, 5.41) is 27.5. The zero-order valence-corrected chi connectivity index (χ0v) is 14.1. The van der Waals surface area contributed by atoms with Crippen LogP contribution in [0, 0.1) is 5.92 Å². The molecule has 0 aliphatic rings. The highest BCUT2D eigenvalue weighted by Crippen LogP contribution is 2.24. The van der Waals surface area contributed by atoms with E-state index in [0.717, 1.165) is 25.7 Å². The fourth-order valence-electron chi connectivity index (χ4n) is 2.55. The predicted molar refractivity (Wildman–Crippen MR) is 82.9 cm³/mol. The van der Waals surface area contributed by atoms with Crippen LogP contribution >= 0.6 is 0 Å². The maximum absolute atomic E-state index is 12.0. The minimum Gasteiger partial charge on any atom is -0.481 e. The molecule has 3 N–H and O–H groups in total. The summed E-state index contributed by atoms with van der Waals surface area (Å²) in [4.78, 5) is 33.7. The fraction of sp³-hybridized carbons (Fsp3) is 0.812. The third-order valence-corrected chi connectivity index (χ3v) is 3.94. The molecule has 0 saturated carbocycles. The Kier molecular flexibility index (Phi) is 9.48. The second-order valence-corrected chi connectivity index (χ2v) is 5.83. The summed E-state index contributed by atoms with van der Waals surface area (Å²) in [5.74, 6) is -3.97. The second-order valence-electron chi connectivity index (χ2n) is 5.83. The van der Waals surface area contributed by atoms with E-state index in [2.05, 4.69) is 6.92 Å². The van der Waals surface area contributed by atoms with E-state index in [1.54, 1.807) is 0 Å². The van der Waals surface area contributed by atoms with Crippen molar-refractivity contribution >= 4 is 17.9 Å². The van der Waals surface area contributed by atoms with Gasteiger partial charge in [-0.1, -0.05) is 33.6 Å². The topological polar surface area (TPSA) is 121 Å². The largest absolute Gasteiger partial charge is 0.481 e. The zero-order chi connectivity index (χ0) is 18.0. The molecule has 23 heavy (non-hydrogen) atoms. The molecular formula is C16H28O7. The molecule has 0 saturated heterocycles. The van der Waals surface area contributed by atoms with E-state index in [-0.39, 0.29) is 12.0 Å². The smallest absolute Gasteiger partial charge is 0.336 e. The van der Waals surface area contributed by atoms with Crippen LogP contribution in [-0.2, 0) is 19.1 Å². The first-order chi connectivity index (χ1) is 10.7. The molecule has 0 radical (unpaired) electrons. The third-order valence-electron chi connectivity index (χ3n) is 3.94. The number of carboxylic acids is 2. The van der Waals surface area contributed by atoms with Gasteiger partial charge in [0.05, 0.1) is 12.8 Å². The number of aliphatic hydroxyl groups is 1. The van der Waals surface area contributed by atoms with Crippen LogP contribution in [0.3, 0.4) is 0 Å². The van der Waals surface area contributed by atoms with Gasteiger partial charge >= 0.3 is 17.9 Å². The summed E-state index contributed by atoms with van der Waals surface area (Å²) in [7, 11) is 0. The SMILES string of the molecule is CCCCC(CC)C(CC)OC(=O)CC(O)(CC(=O)O)C(=O)O. The molecule has 0 aromatic heterocycles. The standard InChI is InChI=1S/C16H28O7/c1-4-7-8-11(5-2)12(6-3)23-14(19)10-16(22,15(20)21)9-13(17)18/h11-12,22H,4-10H2,1-3H3,(H,17,18)(H,20,21). The molecular weight excluding hydrogens is 304 g/mol. The van der Waals surface area contributed by atoms with E-state index in [1.807, 2.05) is 13.8 Å². The monoisotopic (exact) mass is 332 g/mol. The van der Waals surface area contributed by atoms with Crippen molar-refractivity contribution in [2.24, 2.45) is 5.92 Å². The van der Waals surface area contributed by atoms with Crippen molar-refractivity contribution < 1.29 is 34.4 Å². The Hall–Kier alpha value is -1.63. The highest BCUT2D eigenvalue weighted by atomic mass is 16.5. The zero-order valence-electron chi connectivity index (χ0n) is 14.1. The minimum absolute atomic E-state index is 0.168. The van der Waals surface area contributed by atoms with Crippen molar-refractivity contribution in [3.63, 3.8) is 0 Å². The maximum atomic E-state index is 12.0. The van der Waals surface area contributed by atoms with Gasteiger partial charge < -0.3 is 20.1 Å². The number of carboxylic acid groups (broad SMARTS) is 2. The van der Waals surface area contributed by atoms with Crippen LogP contribution in [0.2, 0.25) is 0 Å². The average Bonchev–Trinajstić information content (AvgIpc) is 2.45. The van der Waals surface area contributed by atoms with Gasteiger partial charge in [-0.15, -0.1) is 0 Å². The lowest BCUT2D eigenvalue weighted by Crippen LogP contribution is -2.43. The average molecular weight is 332 g/mol. The van der Waals surface area contributed by atoms with Gasteiger partial charge in [0.1, 0.15) is 6.10 Å². The molecule has 0 aromatic rings. The number of rotatable bonds is 12. The van der Waals surface area contributed by atoms with Crippen LogP contribution in [0.4, 0.5) is 0 Å². The maximum Gasteiger partial charge on any atom is 0.336 e. The van der Waals surface area contributed by atoms with Gasteiger partial charge in [0.25, 0.3) is 0 Å². The first-order valence-electron chi connectivity index (χ1n) is 8.07. The van der Waals surface area contributed by atoms with Crippen molar-refractivity contribution in [3.05, 3.63) is 0 Å².